The van der Waals surface area contributed by atoms with Crippen LogP contribution in [-0.4, -0.2) is 70.8 Å². The van der Waals surface area contributed by atoms with Gasteiger partial charge in [-0.1, -0.05) is 18.2 Å². The molecule has 138 valence electrons. The molecular weight excluding hydrogens is 326 g/mol. The largest absolute Gasteiger partial charge is 0.337 e. The van der Waals surface area contributed by atoms with Crippen molar-refractivity contribution in [2.24, 2.45) is 0 Å². The summed E-state index contributed by atoms with van der Waals surface area (Å²) in [6.45, 7) is 3.01. The molecule has 1 amide bonds. The third-order valence-corrected chi connectivity index (χ3v) is 4.82. The first-order chi connectivity index (χ1) is 12.5. The lowest BCUT2D eigenvalue weighted by atomic mass is 10.1. The molecule has 1 aromatic carbocycles. The lowest BCUT2D eigenvalue weighted by Crippen LogP contribution is -2.36. The number of carbonyl (C=O) groups excluding carboxylic acids is 1. The first kappa shape index (κ1) is 18.5. The van der Waals surface area contributed by atoms with Crippen LogP contribution in [0.3, 0.4) is 0 Å². The van der Waals surface area contributed by atoms with Crippen LogP contribution < -0.4 is 0 Å². The Morgan fingerprint density at radius 1 is 1.12 bits per heavy atom. The van der Waals surface area contributed by atoms with Crippen LogP contribution in [0, 0.1) is 0 Å². The lowest BCUT2D eigenvalue weighted by Gasteiger charge is -2.24. The van der Waals surface area contributed by atoms with E-state index >= 15 is 0 Å². The number of benzene rings is 1. The van der Waals surface area contributed by atoms with Crippen molar-refractivity contribution in [3.05, 3.63) is 59.7 Å². The fourth-order valence-electron chi connectivity index (χ4n) is 3.43. The van der Waals surface area contributed by atoms with Crippen LogP contribution >= 0.6 is 0 Å². The number of likely N-dealkylation sites (tertiary alicyclic amines) is 1. The summed E-state index contributed by atoms with van der Waals surface area (Å²) in [4.78, 5) is 27.9. The standard InChI is InChI=1S/C20H27N5O/c1-23(2)13-16-7-4-5-8-18(16)20(26)25-12-9-17(14-25)24(3)15-19-21-10-6-11-22-19/h4-8,10-11,17H,9,12-15H2,1-3H3. The zero-order chi connectivity index (χ0) is 18.5. The third-order valence-electron chi connectivity index (χ3n) is 4.82. The summed E-state index contributed by atoms with van der Waals surface area (Å²) in [6, 6.07) is 10.1. The maximum absolute atomic E-state index is 13.0. The molecule has 1 aliphatic rings. The van der Waals surface area contributed by atoms with Crippen molar-refractivity contribution in [3.8, 4) is 0 Å². The maximum atomic E-state index is 13.0. The average molecular weight is 353 g/mol. The predicted octanol–water partition coefficient (Wildman–Crippen LogP) is 1.88. The number of likely N-dealkylation sites (N-methyl/N-ethyl adjacent to an activating group) is 1. The molecule has 1 unspecified atom stereocenters. The zero-order valence-corrected chi connectivity index (χ0v) is 15.8. The molecule has 0 aliphatic carbocycles. The molecule has 2 aromatic rings. The fraction of sp³-hybridized carbons (Fsp3) is 0.450. The van der Waals surface area contributed by atoms with Crippen LogP contribution in [-0.2, 0) is 13.1 Å². The van der Waals surface area contributed by atoms with Gasteiger partial charge in [-0.15, -0.1) is 0 Å². The van der Waals surface area contributed by atoms with Crippen molar-refractivity contribution in [3.63, 3.8) is 0 Å². The normalized spacial score (nSPS) is 17.3. The van der Waals surface area contributed by atoms with E-state index in [4.69, 9.17) is 0 Å². The van der Waals surface area contributed by atoms with Gasteiger partial charge in [-0.25, -0.2) is 9.97 Å². The van der Waals surface area contributed by atoms with Crippen LogP contribution in [0.4, 0.5) is 0 Å². The van der Waals surface area contributed by atoms with E-state index in [1.807, 2.05) is 49.3 Å². The Morgan fingerprint density at radius 2 is 1.85 bits per heavy atom. The summed E-state index contributed by atoms with van der Waals surface area (Å²) in [5, 5.41) is 0. The van der Waals surface area contributed by atoms with E-state index in [-0.39, 0.29) is 5.91 Å². The van der Waals surface area contributed by atoms with E-state index in [9.17, 15) is 4.79 Å². The average Bonchev–Trinajstić information content (AvgIpc) is 3.12. The van der Waals surface area contributed by atoms with Crippen molar-refractivity contribution < 1.29 is 4.79 Å². The molecule has 1 aromatic heterocycles. The molecule has 2 heterocycles. The summed E-state index contributed by atoms with van der Waals surface area (Å²) < 4.78 is 0. The Morgan fingerprint density at radius 3 is 2.58 bits per heavy atom. The summed E-state index contributed by atoms with van der Waals surface area (Å²) >= 11 is 0. The van der Waals surface area contributed by atoms with Gasteiger partial charge in [-0.3, -0.25) is 9.69 Å². The summed E-state index contributed by atoms with van der Waals surface area (Å²) in [5.41, 5.74) is 1.90. The molecule has 1 fully saturated rings. The summed E-state index contributed by atoms with van der Waals surface area (Å²) in [5.74, 6) is 0.949. The zero-order valence-electron chi connectivity index (χ0n) is 15.8. The van der Waals surface area contributed by atoms with Crippen LogP contribution in [0.15, 0.2) is 42.7 Å². The monoisotopic (exact) mass is 353 g/mol. The first-order valence-corrected chi connectivity index (χ1v) is 9.02. The van der Waals surface area contributed by atoms with Gasteiger partial charge in [-0.2, -0.15) is 0 Å². The van der Waals surface area contributed by atoms with E-state index in [0.29, 0.717) is 12.6 Å². The van der Waals surface area contributed by atoms with E-state index < -0.39 is 0 Å². The van der Waals surface area contributed by atoms with Gasteiger partial charge in [-0.05, 0) is 45.3 Å². The summed E-state index contributed by atoms with van der Waals surface area (Å²) in [7, 11) is 6.12. The molecule has 3 rings (SSSR count). The minimum Gasteiger partial charge on any atom is -0.337 e. The highest BCUT2D eigenvalue weighted by Gasteiger charge is 2.30. The number of nitrogens with zero attached hydrogens (tertiary/aromatic N) is 5. The molecule has 0 saturated carbocycles. The minimum absolute atomic E-state index is 0.134. The van der Waals surface area contributed by atoms with Crippen LogP contribution in [0.1, 0.15) is 28.2 Å². The molecule has 0 spiro atoms. The molecule has 6 nitrogen and oxygen atoms in total. The molecule has 6 heteroatoms. The van der Waals surface area contributed by atoms with Gasteiger partial charge < -0.3 is 9.80 Å². The van der Waals surface area contributed by atoms with E-state index in [1.54, 1.807) is 12.4 Å². The Kier molecular flexibility index (Phi) is 5.96. The van der Waals surface area contributed by atoms with E-state index in [2.05, 4.69) is 26.8 Å². The van der Waals surface area contributed by atoms with Crippen LogP contribution in [0.5, 0.6) is 0 Å². The second-order valence-corrected chi connectivity index (χ2v) is 7.17. The Hall–Kier alpha value is -2.31. The van der Waals surface area contributed by atoms with Crippen molar-refractivity contribution in [1.82, 2.24) is 24.7 Å². The number of amides is 1. The highest BCUT2D eigenvalue weighted by Crippen LogP contribution is 2.20. The van der Waals surface area contributed by atoms with Gasteiger partial charge in [0.1, 0.15) is 5.82 Å². The quantitative estimate of drug-likeness (QED) is 0.794. The SMILES string of the molecule is CN(C)Cc1ccccc1C(=O)N1CCC(N(C)Cc2ncccn2)C1. The van der Waals surface area contributed by atoms with Crippen molar-refractivity contribution in [2.75, 3.05) is 34.2 Å². The van der Waals surface area contributed by atoms with Gasteiger partial charge in [0.05, 0.1) is 6.54 Å². The molecule has 0 bridgehead atoms. The first-order valence-electron chi connectivity index (χ1n) is 9.02. The number of hydrogen-bond donors (Lipinski definition) is 0. The van der Waals surface area contributed by atoms with Crippen molar-refractivity contribution >= 4 is 5.91 Å². The van der Waals surface area contributed by atoms with Crippen molar-refractivity contribution in [2.45, 2.75) is 25.6 Å². The van der Waals surface area contributed by atoms with Gasteiger partial charge >= 0.3 is 0 Å². The lowest BCUT2D eigenvalue weighted by molar-refractivity contribution is 0.0777. The van der Waals surface area contributed by atoms with Gasteiger partial charge in [0.25, 0.3) is 5.91 Å². The van der Waals surface area contributed by atoms with Gasteiger partial charge in [0.15, 0.2) is 0 Å². The number of carbonyl (C=O) groups is 1. The highest BCUT2D eigenvalue weighted by atomic mass is 16.2. The Labute approximate surface area is 155 Å². The minimum atomic E-state index is 0.134. The van der Waals surface area contributed by atoms with E-state index in [0.717, 1.165) is 43.0 Å². The number of hydrogen-bond acceptors (Lipinski definition) is 5. The predicted molar refractivity (Wildman–Crippen MR) is 102 cm³/mol. The molecular formula is C20H27N5O. The molecule has 1 aliphatic heterocycles. The van der Waals surface area contributed by atoms with Crippen LogP contribution in [0.2, 0.25) is 0 Å². The van der Waals surface area contributed by atoms with E-state index in [1.165, 1.54) is 0 Å². The van der Waals surface area contributed by atoms with Gasteiger partial charge in [0.2, 0.25) is 0 Å². The number of rotatable bonds is 6. The second kappa shape index (κ2) is 8.38. The molecule has 26 heavy (non-hydrogen) atoms. The maximum Gasteiger partial charge on any atom is 0.254 e. The van der Waals surface area contributed by atoms with Gasteiger partial charge in [0, 0.05) is 43.6 Å². The highest BCUT2D eigenvalue weighted by molar-refractivity contribution is 5.95. The molecule has 1 saturated heterocycles. The molecule has 0 radical (unpaired) electrons. The Balaban J connectivity index is 1.64. The topological polar surface area (TPSA) is 52.6 Å². The fourth-order valence-corrected chi connectivity index (χ4v) is 3.43. The smallest absolute Gasteiger partial charge is 0.254 e. The number of aromatic nitrogens is 2. The van der Waals surface area contributed by atoms with Crippen LogP contribution in [0.25, 0.3) is 0 Å². The molecule has 0 N–H and O–H groups in total. The van der Waals surface area contributed by atoms with Crippen molar-refractivity contribution in [1.29, 1.82) is 0 Å². The second-order valence-electron chi connectivity index (χ2n) is 7.17. The Bertz CT molecular complexity index is 734. The summed E-state index contributed by atoms with van der Waals surface area (Å²) in [6.07, 6.45) is 4.51. The molecule has 1 atom stereocenters. The third kappa shape index (κ3) is 4.45.